The molecule has 0 saturated carbocycles. The molecule has 1 aromatic carbocycles. The first-order chi connectivity index (χ1) is 9.15. The molecule has 1 aromatic heterocycles. The Balaban J connectivity index is 2.30. The van der Waals surface area contributed by atoms with Crippen molar-refractivity contribution in [2.24, 2.45) is 5.73 Å². The van der Waals surface area contributed by atoms with Crippen molar-refractivity contribution in [3.05, 3.63) is 40.4 Å². The van der Waals surface area contributed by atoms with Gasteiger partial charge in [0.2, 0.25) is 0 Å². The van der Waals surface area contributed by atoms with Crippen molar-refractivity contribution >= 4 is 22.2 Å². The molecule has 0 fully saturated rings. The zero-order valence-corrected chi connectivity index (χ0v) is 12.3. The van der Waals surface area contributed by atoms with Crippen molar-refractivity contribution in [1.29, 1.82) is 0 Å². The Bertz CT molecular complexity index is 553. The highest BCUT2D eigenvalue weighted by Gasteiger charge is 2.14. The predicted octanol–water partition coefficient (Wildman–Crippen LogP) is 2.82. The molecule has 5 heteroatoms. The van der Waals surface area contributed by atoms with Crippen LogP contribution in [0.15, 0.2) is 24.3 Å². The molecule has 4 nitrogen and oxygen atoms in total. The summed E-state index contributed by atoms with van der Waals surface area (Å²) < 4.78 is 5.16. The van der Waals surface area contributed by atoms with Gasteiger partial charge in [-0.05, 0) is 24.6 Å². The van der Waals surface area contributed by atoms with E-state index in [2.05, 4.69) is 41.1 Å². The third-order valence-corrected chi connectivity index (χ3v) is 4.11. The third-order valence-electron chi connectivity index (χ3n) is 2.91. The van der Waals surface area contributed by atoms with Crippen LogP contribution in [0.25, 0.3) is 0 Å². The van der Waals surface area contributed by atoms with Crippen LogP contribution in [0, 0.1) is 6.92 Å². The van der Waals surface area contributed by atoms with E-state index in [4.69, 9.17) is 10.5 Å². The summed E-state index contributed by atoms with van der Waals surface area (Å²) >= 11 is 1.62. The highest BCUT2D eigenvalue weighted by atomic mass is 32.1. The van der Waals surface area contributed by atoms with Crippen LogP contribution in [0.2, 0.25) is 0 Å². The van der Waals surface area contributed by atoms with Crippen LogP contribution in [0.3, 0.4) is 0 Å². The van der Waals surface area contributed by atoms with Gasteiger partial charge in [-0.25, -0.2) is 4.98 Å². The molecular formula is C14H19N3OS. The smallest absolute Gasteiger partial charge is 0.190 e. The van der Waals surface area contributed by atoms with Gasteiger partial charge in [0.1, 0.15) is 0 Å². The van der Waals surface area contributed by atoms with Crippen LogP contribution in [-0.4, -0.2) is 19.1 Å². The molecule has 0 aliphatic carbocycles. The minimum Gasteiger partial charge on any atom is -0.378 e. The Morgan fingerprint density at radius 3 is 2.84 bits per heavy atom. The molecule has 0 amide bonds. The second-order valence-electron chi connectivity index (χ2n) is 4.40. The second-order valence-corrected chi connectivity index (χ2v) is 5.46. The summed E-state index contributed by atoms with van der Waals surface area (Å²) in [7, 11) is 3.69. The Labute approximate surface area is 117 Å². The summed E-state index contributed by atoms with van der Waals surface area (Å²) in [6.07, 6.45) is 0. The quantitative estimate of drug-likeness (QED) is 0.913. The lowest BCUT2D eigenvalue weighted by atomic mass is 10.2. The fourth-order valence-electron chi connectivity index (χ4n) is 1.87. The van der Waals surface area contributed by atoms with Gasteiger partial charge >= 0.3 is 0 Å². The minimum absolute atomic E-state index is 0.498. The molecule has 0 atom stereocenters. The molecule has 0 aliphatic heterocycles. The molecule has 0 aliphatic rings. The number of rotatable bonds is 5. The van der Waals surface area contributed by atoms with Gasteiger partial charge in [-0.1, -0.05) is 23.5 Å². The minimum atomic E-state index is 0.498. The van der Waals surface area contributed by atoms with Crippen molar-refractivity contribution in [2.45, 2.75) is 20.1 Å². The molecule has 0 bridgehead atoms. The number of thiazole rings is 1. The predicted molar refractivity (Wildman–Crippen MR) is 80.0 cm³/mol. The van der Waals surface area contributed by atoms with E-state index < -0.39 is 0 Å². The first-order valence-electron chi connectivity index (χ1n) is 6.13. The molecule has 102 valence electrons. The fourth-order valence-corrected chi connectivity index (χ4v) is 2.79. The van der Waals surface area contributed by atoms with Gasteiger partial charge in [-0.3, -0.25) is 0 Å². The van der Waals surface area contributed by atoms with Crippen molar-refractivity contribution < 1.29 is 4.74 Å². The maximum Gasteiger partial charge on any atom is 0.190 e. The lowest BCUT2D eigenvalue weighted by Crippen LogP contribution is -2.09. The number of methoxy groups -OCH3 is 1. The van der Waals surface area contributed by atoms with Gasteiger partial charge in [0.25, 0.3) is 0 Å². The van der Waals surface area contributed by atoms with E-state index >= 15 is 0 Å². The van der Waals surface area contributed by atoms with E-state index in [0.717, 1.165) is 21.4 Å². The van der Waals surface area contributed by atoms with Crippen molar-refractivity contribution in [1.82, 2.24) is 4.98 Å². The summed E-state index contributed by atoms with van der Waals surface area (Å²) in [5.41, 5.74) is 9.05. The van der Waals surface area contributed by atoms with Crippen LogP contribution in [0.4, 0.5) is 10.8 Å². The highest BCUT2D eigenvalue weighted by Crippen LogP contribution is 2.31. The van der Waals surface area contributed by atoms with Gasteiger partial charge in [0.15, 0.2) is 5.13 Å². The molecule has 2 aromatic rings. The van der Waals surface area contributed by atoms with Gasteiger partial charge in [-0.2, -0.15) is 0 Å². The molecule has 0 saturated heterocycles. The molecule has 0 spiro atoms. The van der Waals surface area contributed by atoms with Crippen LogP contribution >= 0.6 is 11.3 Å². The zero-order chi connectivity index (χ0) is 13.8. The van der Waals surface area contributed by atoms with Gasteiger partial charge < -0.3 is 15.4 Å². The van der Waals surface area contributed by atoms with Crippen molar-refractivity contribution in [3.8, 4) is 0 Å². The van der Waals surface area contributed by atoms with E-state index in [9.17, 15) is 0 Å². The first kappa shape index (κ1) is 14.0. The normalized spacial score (nSPS) is 10.7. The van der Waals surface area contributed by atoms with Crippen molar-refractivity contribution in [2.75, 3.05) is 19.1 Å². The maximum atomic E-state index is 5.75. The number of ether oxygens (including phenoxy) is 1. The SMILES string of the molecule is COCc1nc(N(C)c2cccc(C)c2)sc1CN. The Hall–Kier alpha value is -1.43. The molecule has 0 radical (unpaired) electrons. The number of nitrogens with two attached hydrogens (primary N) is 1. The summed E-state index contributed by atoms with van der Waals surface area (Å²) in [5.74, 6) is 0. The number of anilines is 2. The summed E-state index contributed by atoms with van der Waals surface area (Å²) in [6, 6.07) is 8.35. The topological polar surface area (TPSA) is 51.4 Å². The Morgan fingerprint density at radius 2 is 2.21 bits per heavy atom. The van der Waals surface area contributed by atoms with E-state index in [1.165, 1.54) is 5.56 Å². The number of hydrogen-bond donors (Lipinski definition) is 1. The van der Waals surface area contributed by atoms with E-state index in [1.54, 1.807) is 18.4 Å². The number of hydrogen-bond acceptors (Lipinski definition) is 5. The average molecular weight is 277 g/mol. The number of nitrogens with zero attached hydrogens (tertiary/aromatic N) is 2. The number of aryl methyl sites for hydroxylation is 1. The van der Waals surface area contributed by atoms with E-state index in [1.807, 2.05) is 7.05 Å². The molecule has 0 unspecified atom stereocenters. The second kappa shape index (κ2) is 6.14. The lowest BCUT2D eigenvalue weighted by molar-refractivity contribution is 0.181. The largest absolute Gasteiger partial charge is 0.378 e. The average Bonchev–Trinajstić information content (AvgIpc) is 2.81. The first-order valence-corrected chi connectivity index (χ1v) is 6.95. The molecular weight excluding hydrogens is 258 g/mol. The third kappa shape index (κ3) is 3.12. The summed E-state index contributed by atoms with van der Waals surface area (Å²) in [6.45, 7) is 3.09. The highest BCUT2D eigenvalue weighted by molar-refractivity contribution is 7.15. The van der Waals surface area contributed by atoms with Gasteiger partial charge in [-0.15, -0.1) is 0 Å². The van der Waals surface area contributed by atoms with Crippen molar-refractivity contribution in [3.63, 3.8) is 0 Å². The maximum absolute atomic E-state index is 5.75. The summed E-state index contributed by atoms with van der Waals surface area (Å²) in [5, 5.41) is 0.943. The number of aromatic nitrogens is 1. The summed E-state index contributed by atoms with van der Waals surface area (Å²) in [4.78, 5) is 7.78. The molecule has 1 heterocycles. The standard InChI is InChI=1S/C14H19N3OS/c1-10-5-4-6-11(7-10)17(2)14-16-12(9-18-3)13(8-15)19-14/h4-7H,8-9,15H2,1-3H3. The molecule has 19 heavy (non-hydrogen) atoms. The van der Waals surface area contributed by atoms with Crippen LogP contribution < -0.4 is 10.6 Å². The van der Waals surface area contributed by atoms with E-state index in [0.29, 0.717) is 13.2 Å². The lowest BCUT2D eigenvalue weighted by Gasteiger charge is -2.16. The van der Waals surface area contributed by atoms with Gasteiger partial charge in [0.05, 0.1) is 12.3 Å². The molecule has 2 rings (SSSR count). The Morgan fingerprint density at radius 1 is 1.42 bits per heavy atom. The Kier molecular flexibility index (Phi) is 4.52. The number of benzene rings is 1. The van der Waals surface area contributed by atoms with Crippen LogP contribution in [-0.2, 0) is 17.9 Å². The van der Waals surface area contributed by atoms with Crippen LogP contribution in [0.5, 0.6) is 0 Å². The van der Waals surface area contributed by atoms with Crippen LogP contribution in [0.1, 0.15) is 16.1 Å². The monoisotopic (exact) mass is 277 g/mol. The van der Waals surface area contributed by atoms with Gasteiger partial charge in [0, 0.05) is 31.3 Å². The van der Waals surface area contributed by atoms with E-state index in [-0.39, 0.29) is 0 Å². The zero-order valence-electron chi connectivity index (χ0n) is 11.5. The molecule has 2 N–H and O–H groups in total. The fraction of sp³-hybridized carbons (Fsp3) is 0.357.